The zero-order chi connectivity index (χ0) is 24.0. The molecule has 0 heterocycles. The van der Waals surface area contributed by atoms with E-state index in [1.807, 2.05) is 30.3 Å². The van der Waals surface area contributed by atoms with Crippen molar-refractivity contribution in [1.82, 2.24) is 0 Å². The van der Waals surface area contributed by atoms with Crippen LogP contribution in [-0.4, -0.2) is 15.3 Å². The first-order chi connectivity index (χ1) is 15.9. The van der Waals surface area contributed by atoms with E-state index in [1.54, 1.807) is 0 Å². The van der Waals surface area contributed by atoms with Gasteiger partial charge in [0.15, 0.2) is 0 Å². The van der Waals surface area contributed by atoms with Crippen LogP contribution in [0.3, 0.4) is 0 Å². The van der Waals surface area contributed by atoms with Gasteiger partial charge < -0.3 is 15.3 Å². The van der Waals surface area contributed by atoms with Crippen molar-refractivity contribution in [2.24, 2.45) is 0 Å². The fraction of sp³-hybridized carbons (Fsp3) is 0.400. The Morgan fingerprint density at radius 1 is 0.576 bits per heavy atom. The molecule has 0 bridgehead atoms. The molecule has 3 aromatic carbocycles. The maximum Gasteiger partial charge on any atom is 0.118 e. The van der Waals surface area contributed by atoms with Crippen molar-refractivity contribution in [2.45, 2.75) is 78.1 Å². The molecular formula is C30H38O3. The molecule has 3 N–H and O–H groups in total. The van der Waals surface area contributed by atoms with Crippen molar-refractivity contribution in [2.75, 3.05) is 0 Å². The molecule has 0 spiro atoms. The Labute approximate surface area is 198 Å². The highest BCUT2D eigenvalue weighted by Gasteiger charge is 2.23. The molecular weight excluding hydrogens is 408 g/mol. The van der Waals surface area contributed by atoms with E-state index in [2.05, 4.69) is 52.0 Å². The lowest BCUT2D eigenvalue weighted by Gasteiger charge is -2.26. The molecule has 0 fully saturated rings. The van der Waals surface area contributed by atoms with Gasteiger partial charge in [0.1, 0.15) is 17.2 Å². The van der Waals surface area contributed by atoms with Crippen LogP contribution in [-0.2, 0) is 19.3 Å². The van der Waals surface area contributed by atoms with E-state index in [-0.39, 0.29) is 5.92 Å². The van der Waals surface area contributed by atoms with Crippen LogP contribution < -0.4 is 0 Å². The quantitative estimate of drug-likeness (QED) is 0.300. The highest BCUT2D eigenvalue weighted by molar-refractivity contribution is 5.45. The molecule has 3 rings (SSSR count). The number of hydrogen-bond acceptors (Lipinski definition) is 3. The predicted molar refractivity (Wildman–Crippen MR) is 137 cm³/mol. The Balaban J connectivity index is 2.09. The smallest absolute Gasteiger partial charge is 0.118 e. The molecule has 0 aliphatic carbocycles. The summed E-state index contributed by atoms with van der Waals surface area (Å²) in [5, 5.41) is 30.8. The summed E-state index contributed by atoms with van der Waals surface area (Å²) in [5.41, 5.74) is 6.54. The molecule has 3 nitrogen and oxygen atoms in total. The lowest BCUT2D eigenvalue weighted by molar-refractivity contribution is 0.466. The number of aryl methyl sites for hydroxylation is 3. The van der Waals surface area contributed by atoms with Crippen molar-refractivity contribution in [1.29, 1.82) is 0 Å². The number of phenolic OH excluding ortho intramolecular Hbond substituents is 3. The average Bonchev–Trinajstić information content (AvgIpc) is 2.83. The molecule has 33 heavy (non-hydrogen) atoms. The number of benzene rings is 3. The fourth-order valence-corrected chi connectivity index (χ4v) is 4.87. The van der Waals surface area contributed by atoms with Crippen LogP contribution in [0.1, 0.15) is 92.2 Å². The zero-order valence-corrected chi connectivity index (χ0v) is 20.4. The number of phenols is 3. The van der Waals surface area contributed by atoms with Gasteiger partial charge in [-0.05, 0) is 89.6 Å². The van der Waals surface area contributed by atoms with Crippen LogP contribution in [0, 0.1) is 0 Å². The Morgan fingerprint density at radius 2 is 0.970 bits per heavy atom. The number of aromatic hydroxyl groups is 3. The Hall–Kier alpha value is -2.94. The maximum atomic E-state index is 10.3. The molecule has 1 unspecified atom stereocenters. The fourth-order valence-electron chi connectivity index (χ4n) is 4.87. The highest BCUT2D eigenvalue weighted by atomic mass is 16.3. The second kappa shape index (κ2) is 11.3. The Bertz CT molecular complexity index is 1020. The summed E-state index contributed by atoms with van der Waals surface area (Å²) in [7, 11) is 0. The summed E-state index contributed by atoms with van der Waals surface area (Å²) in [6.45, 7) is 8.41. The van der Waals surface area contributed by atoms with Crippen LogP contribution in [0.4, 0.5) is 0 Å². The Morgan fingerprint density at radius 3 is 1.36 bits per heavy atom. The molecule has 0 saturated heterocycles. The average molecular weight is 447 g/mol. The summed E-state index contributed by atoms with van der Waals surface area (Å²) < 4.78 is 0. The Kier molecular flexibility index (Phi) is 8.43. The molecule has 1 atom stereocenters. The minimum Gasteiger partial charge on any atom is -0.508 e. The summed E-state index contributed by atoms with van der Waals surface area (Å²) >= 11 is 0. The van der Waals surface area contributed by atoms with Crippen molar-refractivity contribution < 1.29 is 15.3 Å². The number of hydrogen-bond donors (Lipinski definition) is 3. The van der Waals surface area contributed by atoms with E-state index < -0.39 is 0 Å². The van der Waals surface area contributed by atoms with E-state index in [4.69, 9.17) is 0 Å². The van der Waals surface area contributed by atoms with Gasteiger partial charge in [-0.3, -0.25) is 0 Å². The summed E-state index contributed by atoms with van der Waals surface area (Å²) in [6.07, 6.45) is 5.41. The molecule has 0 saturated carbocycles. The summed E-state index contributed by atoms with van der Waals surface area (Å²) in [5.74, 6) is 1.53. The van der Waals surface area contributed by atoms with E-state index in [1.165, 1.54) is 16.7 Å². The third kappa shape index (κ3) is 5.71. The van der Waals surface area contributed by atoms with Gasteiger partial charge in [-0.2, -0.15) is 0 Å². The molecule has 3 heteroatoms. The molecule has 0 aliphatic rings. The lowest BCUT2D eigenvalue weighted by atomic mass is 9.78. The molecule has 3 aromatic rings. The SMILES string of the molecule is CCCC(CC(c1ccc(O)c(CC)c1)c1ccc(O)c(CC)c1)c1ccc(O)c(CC)c1. The van der Waals surface area contributed by atoms with Crippen LogP contribution in [0.5, 0.6) is 17.2 Å². The van der Waals surface area contributed by atoms with Crippen LogP contribution in [0.25, 0.3) is 0 Å². The number of rotatable bonds is 10. The maximum absolute atomic E-state index is 10.3. The van der Waals surface area contributed by atoms with Gasteiger partial charge >= 0.3 is 0 Å². The topological polar surface area (TPSA) is 60.7 Å². The third-order valence-electron chi connectivity index (χ3n) is 6.89. The van der Waals surface area contributed by atoms with E-state index in [0.29, 0.717) is 23.2 Å². The standard InChI is InChI=1S/C30H38O3/c1-5-9-23(24-10-13-28(31)20(6-2)16-24)19-27(25-11-14-29(32)21(7-3)17-25)26-12-15-30(33)22(8-4)18-26/h10-18,23,27,31-33H,5-9,19H2,1-4H3. The monoisotopic (exact) mass is 446 g/mol. The first-order valence-electron chi connectivity index (χ1n) is 12.4. The van der Waals surface area contributed by atoms with Crippen molar-refractivity contribution >= 4 is 0 Å². The minimum absolute atomic E-state index is 0.136. The summed E-state index contributed by atoms with van der Waals surface area (Å²) in [6, 6.07) is 18.0. The molecule has 0 radical (unpaired) electrons. The van der Waals surface area contributed by atoms with Crippen LogP contribution in [0.2, 0.25) is 0 Å². The van der Waals surface area contributed by atoms with Gasteiger partial charge in [-0.25, -0.2) is 0 Å². The van der Waals surface area contributed by atoms with E-state index in [0.717, 1.165) is 55.2 Å². The molecule has 0 amide bonds. The van der Waals surface area contributed by atoms with E-state index in [9.17, 15) is 15.3 Å². The largest absolute Gasteiger partial charge is 0.508 e. The van der Waals surface area contributed by atoms with Gasteiger partial charge in [-0.15, -0.1) is 0 Å². The lowest BCUT2D eigenvalue weighted by Crippen LogP contribution is -2.10. The van der Waals surface area contributed by atoms with Gasteiger partial charge in [0.2, 0.25) is 0 Å². The normalized spacial score (nSPS) is 12.3. The van der Waals surface area contributed by atoms with Crippen LogP contribution >= 0.6 is 0 Å². The minimum atomic E-state index is 0.136. The first-order valence-corrected chi connectivity index (χ1v) is 12.4. The molecule has 0 aliphatic heterocycles. The summed E-state index contributed by atoms with van der Waals surface area (Å²) in [4.78, 5) is 0. The predicted octanol–water partition coefficient (Wildman–Crippen LogP) is 7.60. The van der Waals surface area contributed by atoms with Crippen molar-refractivity contribution in [3.8, 4) is 17.2 Å². The van der Waals surface area contributed by atoms with Gasteiger partial charge in [-0.1, -0.05) is 70.5 Å². The van der Waals surface area contributed by atoms with Gasteiger partial charge in [0.05, 0.1) is 0 Å². The second-order valence-electron chi connectivity index (χ2n) is 9.00. The second-order valence-corrected chi connectivity index (χ2v) is 9.00. The molecule has 176 valence electrons. The highest BCUT2D eigenvalue weighted by Crippen LogP contribution is 2.40. The van der Waals surface area contributed by atoms with Gasteiger partial charge in [0, 0.05) is 5.92 Å². The van der Waals surface area contributed by atoms with Crippen molar-refractivity contribution in [3.63, 3.8) is 0 Å². The third-order valence-corrected chi connectivity index (χ3v) is 6.89. The first kappa shape index (κ1) is 24.7. The zero-order valence-electron chi connectivity index (χ0n) is 20.4. The van der Waals surface area contributed by atoms with Gasteiger partial charge in [0.25, 0.3) is 0 Å². The van der Waals surface area contributed by atoms with Crippen LogP contribution in [0.15, 0.2) is 54.6 Å². The van der Waals surface area contributed by atoms with E-state index >= 15 is 0 Å². The van der Waals surface area contributed by atoms with Crippen molar-refractivity contribution in [3.05, 3.63) is 88.0 Å². The molecule has 0 aromatic heterocycles.